The van der Waals surface area contributed by atoms with Crippen molar-refractivity contribution in [2.24, 2.45) is 5.92 Å². The predicted octanol–water partition coefficient (Wildman–Crippen LogP) is 16.7. The molecule has 2 aliphatic rings. The molecule has 0 spiro atoms. The third-order valence-corrected chi connectivity index (χ3v) is 15.2. The van der Waals surface area contributed by atoms with Crippen LogP contribution in [0.4, 0.5) is 23.2 Å². The van der Waals surface area contributed by atoms with Crippen molar-refractivity contribution in [2.45, 2.75) is 76.0 Å². The van der Waals surface area contributed by atoms with Crippen molar-refractivity contribution < 1.29 is 46.1 Å². The lowest BCUT2D eigenvalue weighted by atomic mass is 9.77. The minimum atomic E-state index is -4.81. The van der Waals surface area contributed by atoms with Gasteiger partial charge in [0.1, 0.15) is 23.1 Å². The van der Waals surface area contributed by atoms with E-state index in [1.165, 1.54) is 89.3 Å². The van der Waals surface area contributed by atoms with Crippen LogP contribution in [0.25, 0.3) is 49.9 Å². The molecule has 0 bridgehead atoms. The van der Waals surface area contributed by atoms with Crippen LogP contribution in [0.3, 0.4) is 0 Å². The van der Waals surface area contributed by atoms with E-state index in [1.807, 2.05) is 12.1 Å². The molecular weight excluding hydrogens is 955 g/mol. The molecule has 8 aromatic carbocycles. The number of rotatable bonds is 14. The highest BCUT2D eigenvalue weighted by atomic mass is 19.4. The fourth-order valence-corrected chi connectivity index (χ4v) is 11.1. The Morgan fingerprint density at radius 3 is 2.08 bits per heavy atom. The van der Waals surface area contributed by atoms with Crippen molar-refractivity contribution >= 4 is 45.2 Å². The molecule has 1 amide bonds. The molecule has 11 heteroatoms. The maximum Gasteiger partial charge on any atom is 0.417 e. The summed E-state index contributed by atoms with van der Waals surface area (Å²) in [6.07, 6.45) is 8.86. The number of anilines is 1. The Morgan fingerprint density at radius 1 is 0.707 bits per heavy atom. The zero-order chi connectivity index (χ0) is 52.4. The number of amides is 1. The zero-order valence-corrected chi connectivity index (χ0v) is 42.3. The van der Waals surface area contributed by atoms with Gasteiger partial charge in [-0.1, -0.05) is 118 Å². The van der Waals surface area contributed by atoms with Gasteiger partial charge in [-0.3, -0.25) is 4.79 Å². The molecule has 1 saturated carbocycles. The fourth-order valence-electron chi connectivity index (χ4n) is 11.1. The zero-order valence-electron chi connectivity index (χ0n) is 42.3. The number of alkyl halides is 3. The summed E-state index contributed by atoms with van der Waals surface area (Å²) in [6, 6.07) is 41.0. The van der Waals surface area contributed by atoms with E-state index in [2.05, 4.69) is 36.5 Å². The summed E-state index contributed by atoms with van der Waals surface area (Å²) < 4.78 is 84.9. The third kappa shape index (κ3) is 9.96. The van der Waals surface area contributed by atoms with Crippen LogP contribution in [0.2, 0.25) is 0 Å². The van der Waals surface area contributed by atoms with Crippen LogP contribution in [0.5, 0.6) is 17.2 Å². The highest BCUT2D eigenvalue weighted by Crippen LogP contribution is 2.50. The predicted molar refractivity (Wildman–Crippen MR) is 288 cm³/mol. The molecular formula is C64H57F4NO6. The molecule has 1 heterocycles. The Morgan fingerprint density at radius 2 is 1.41 bits per heavy atom. The van der Waals surface area contributed by atoms with Crippen LogP contribution < -0.4 is 19.5 Å². The molecule has 0 radical (unpaired) electrons. The van der Waals surface area contributed by atoms with Crippen LogP contribution in [-0.4, -0.2) is 33.2 Å². The number of carbonyl (C=O) groups excluding carboxylic acids is 2. The van der Waals surface area contributed by atoms with Crippen molar-refractivity contribution in [1.82, 2.24) is 0 Å². The Kier molecular flexibility index (Phi) is 14.3. The lowest BCUT2D eigenvalue weighted by molar-refractivity contribution is -0.137. The molecule has 1 unspecified atom stereocenters. The van der Waals surface area contributed by atoms with Gasteiger partial charge in [-0.2, -0.15) is 13.2 Å². The summed E-state index contributed by atoms with van der Waals surface area (Å²) in [5.41, 5.74) is 2.53. The smallest absolute Gasteiger partial charge is 0.417 e. The van der Waals surface area contributed by atoms with Gasteiger partial charge >= 0.3 is 12.1 Å². The summed E-state index contributed by atoms with van der Waals surface area (Å²) in [5, 5.41) is 4.65. The number of methoxy groups -OCH3 is 3. The van der Waals surface area contributed by atoms with Crippen LogP contribution in [0.15, 0.2) is 152 Å². The fraction of sp³-hybridized carbons (Fsp3) is 0.250. The number of fused-ring (bicyclic) bond motifs is 5. The molecule has 1 N–H and O–H groups in total. The number of carbonyl (C=O) groups is 2. The summed E-state index contributed by atoms with van der Waals surface area (Å²) in [7, 11) is 4.26. The van der Waals surface area contributed by atoms with Gasteiger partial charge < -0.3 is 24.3 Å². The molecule has 1 atom stereocenters. The highest BCUT2D eigenvalue weighted by Gasteiger charge is 2.41. The first-order valence-corrected chi connectivity index (χ1v) is 25.5. The quantitative estimate of drug-likeness (QED) is 0.0506. The molecule has 10 rings (SSSR count). The third-order valence-electron chi connectivity index (χ3n) is 15.2. The second-order valence-electron chi connectivity index (χ2n) is 19.6. The highest BCUT2D eigenvalue weighted by molar-refractivity contribution is 6.16. The van der Waals surface area contributed by atoms with Gasteiger partial charge in [0.15, 0.2) is 5.60 Å². The van der Waals surface area contributed by atoms with Gasteiger partial charge in [-0.15, -0.1) is 0 Å². The average molecular weight is 1010 g/mol. The second-order valence-corrected chi connectivity index (χ2v) is 19.6. The topological polar surface area (TPSA) is 83.1 Å². The Labute approximate surface area is 434 Å². The first-order chi connectivity index (χ1) is 36.3. The van der Waals surface area contributed by atoms with Gasteiger partial charge in [0.2, 0.25) is 0 Å². The molecule has 1 aliphatic carbocycles. The van der Waals surface area contributed by atoms with Crippen LogP contribution in [-0.2, 0) is 16.5 Å². The number of hydrogen-bond acceptors (Lipinski definition) is 6. The number of hydrogen-bond donors (Lipinski definition) is 1. The first-order valence-electron chi connectivity index (χ1n) is 25.5. The Hall–Kier alpha value is -7.92. The number of halogens is 4. The maximum atomic E-state index is 16.0. The molecule has 0 aromatic heterocycles. The van der Waals surface area contributed by atoms with E-state index in [0.717, 1.165) is 23.1 Å². The van der Waals surface area contributed by atoms with E-state index in [0.29, 0.717) is 55.7 Å². The Balaban J connectivity index is 0.940. The summed E-state index contributed by atoms with van der Waals surface area (Å²) in [5.74, 6) is 0.801. The van der Waals surface area contributed by atoms with Gasteiger partial charge in [-0.05, 0) is 149 Å². The minimum absolute atomic E-state index is 0.0228. The average Bonchev–Trinajstić information content (AvgIpc) is 3.47. The first kappa shape index (κ1) is 50.6. The van der Waals surface area contributed by atoms with E-state index < -0.39 is 35.0 Å². The lowest BCUT2D eigenvalue weighted by Crippen LogP contribution is -2.35. The molecule has 382 valence electrons. The minimum Gasteiger partial charge on any atom is -0.497 e. The standard InChI is InChI=1S/C64H57F4NO6/c1-5-6-7-10-39-13-15-40(16-14-39)41-17-19-42(20-18-41)43-21-23-44(24-22-43)61(70)69-47-28-32-49(57(36-47)64(66,67)68)45-25-31-50-52-37-55(62(71)74-4)51-33-34-63(56-11-8-9-12-58(56)65,46-26-29-48(72-2)30-27-46)75-60(51)54(52)38-59(73-3)53(50)35-45/h8-9,11-12,17-40H,5-7,10,13-16H2,1-4H3,(H,69,70)/t39-,40-,63?. The van der Waals surface area contributed by atoms with Gasteiger partial charge in [0.25, 0.3) is 5.91 Å². The van der Waals surface area contributed by atoms with E-state index in [4.69, 9.17) is 18.9 Å². The maximum absolute atomic E-state index is 16.0. The van der Waals surface area contributed by atoms with Crippen molar-refractivity contribution in [3.8, 4) is 39.5 Å². The van der Waals surface area contributed by atoms with E-state index in [9.17, 15) is 9.59 Å². The molecule has 0 saturated heterocycles. The number of ether oxygens (including phenoxy) is 4. The second kappa shape index (κ2) is 21.1. The Bertz CT molecular complexity index is 3450. The molecule has 7 nitrogen and oxygen atoms in total. The van der Waals surface area contributed by atoms with Crippen molar-refractivity contribution in [1.29, 1.82) is 0 Å². The van der Waals surface area contributed by atoms with Crippen LogP contribution in [0, 0.1) is 11.7 Å². The van der Waals surface area contributed by atoms with Crippen LogP contribution >= 0.6 is 0 Å². The van der Waals surface area contributed by atoms with Gasteiger partial charge in [0.05, 0.1) is 32.5 Å². The van der Waals surface area contributed by atoms with Gasteiger partial charge in [-0.25, -0.2) is 9.18 Å². The number of nitrogens with one attached hydrogen (secondary N) is 1. The summed E-state index contributed by atoms with van der Waals surface area (Å²) >= 11 is 0. The van der Waals surface area contributed by atoms with E-state index in [1.54, 1.807) is 104 Å². The summed E-state index contributed by atoms with van der Waals surface area (Å²) in [6.45, 7) is 2.25. The SMILES string of the molecule is CCCCC[C@H]1CC[C@H](c2ccc(-c3ccc(C(=O)Nc4ccc(-c5ccc6c(c5)c(OC)cc5c7c(c(C(=O)OC)cc56)C=CC(c5ccc(OC)cc5)(c5ccccc5F)O7)c(C(F)(F)F)c4)cc3)cc2)CC1. The number of benzene rings is 8. The number of esters is 1. The van der Waals surface area contributed by atoms with Crippen molar-refractivity contribution in [3.63, 3.8) is 0 Å². The lowest BCUT2D eigenvalue weighted by Gasteiger charge is -2.37. The summed E-state index contributed by atoms with van der Waals surface area (Å²) in [4.78, 5) is 27.1. The normalized spacial score (nSPS) is 17.3. The number of unbranched alkanes of at least 4 members (excludes halogenated alkanes) is 2. The monoisotopic (exact) mass is 1010 g/mol. The molecule has 75 heavy (non-hydrogen) atoms. The van der Waals surface area contributed by atoms with E-state index in [-0.39, 0.29) is 33.7 Å². The van der Waals surface area contributed by atoms with Crippen molar-refractivity contribution in [3.05, 3.63) is 196 Å². The molecule has 8 aromatic rings. The van der Waals surface area contributed by atoms with Gasteiger partial charge in [0, 0.05) is 38.7 Å². The van der Waals surface area contributed by atoms with Crippen molar-refractivity contribution in [2.75, 3.05) is 26.6 Å². The molecule has 1 fully saturated rings. The molecule has 1 aliphatic heterocycles. The largest absolute Gasteiger partial charge is 0.497 e. The van der Waals surface area contributed by atoms with Crippen LogP contribution in [0.1, 0.15) is 113 Å². The van der Waals surface area contributed by atoms with E-state index >= 15 is 17.6 Å².